The van der Waals surface area contributed by atoms with Crippen molar-refractivity contribution in [2.45, 2.75) is 0 Å². The molecule has 0 fully saturated rings. The lowest BCUT2D eigenvalue weighted by atomic mass is 10.2. The molecule has 3 heteroatoms. The molecule has 1 nitrogen and oxygen atoms in total. The van der Waals surface area contributed by atoms with Crippen LogP contribution in [-0.4, -0.2) is 6.29 Å². The Hall–Kier alpha value is -0.790. The minimum absolute atomic E-state index is 0.418. The van der Waals surface area contributed by atoms with Crippen LogP contribution in [-0.2, 0) is 4.79 Å². The summed E-state index contributed by atoms with van der Waals surface area (Å²) in [5.41, 5.74) is 0.785. The second kappa shape index (κ2) is 4.29. The van der Waals surface area contributed by atoms with Crippen molar-refractivity contribution in [3.8, 4) is 0 Å². The highest BCUT2D eigenvalue weighted by atomic mass is 35.5. The van der Waals surface area contributed by atoms with Crippen molar-refractivity contribution in [1.82, 2.24) is 0 Å². The van der Waals surface area contributed by atoms with E-state index in [-0.39, 0.29) is 0 Å². The fourth-order valence-corrected chi connectivity index (χ4v) is 1.07. The maximum absolute atomic E-state index is 10.1. The average Bonchev–Trinajstić information content (AvgIpc) is 2.06. The molecule has 0 aliphatic carbocycles. The third kappa shape index (κ3) is 2.36. The van der Waals surface area contributed by atoms with Crippen LogP contribution in [0.15, 0.2) is 30.3 Å². The summed E-state index contributed by atoms with van der Waals surface area (Å²) in [4.78, 5) is 10.1. The van der Waals surface area contributed by atoms with E-state index in [4.69, 9.17) is 23.2 Å². The number of allylic oxidation sites excluding steroid dienone is 1. The van der Waals surface area contributed by atoms with Gasteiger partial charge in [0, 0.05) is 5.02 Å². The molecule has 0 saturated carbocycles. The fraction of sp³-hybridized carbons (Fsp3) is 0. The van der Waals surface area contributed by atoms with Crippen LogP contribution in [0.3, 0.4) is 0 Å². The number of hydrogen-bond donors (Lipinski definition) is 0. The number of aldehydes is 1. The third-order valence-corrected chi connectivity index (χ3v) is 1.93. The topological polar surface area (TPSA) is 17.1 Å². The zero-order chi connectivity index (χ0) is 8.97. The first-order valence-electron chi connectivity index (χ1n) is 3.31. The van der Waals surface area contributed by atoms with Gasteiger partial charge in [-0.15, -0.1) is 0 Å². The molecule has 0 amide bonds. The second-order valence-electron chi connectivity index (χ2n) is 2.16. The van der Waals surface area contributed by atoms with Crippen molar-refractivity contribution in [3.05, 3.63) is 40.9 Å². The van der Waals surface area contributed by atoms with Crippen LogP contribution in [0.1, 0.15) is 5.56 Å². The van der Waals surface area contributed by atoms with E-state index in [0.29, 0.717) is 16.3 Å². The predicted molar refractivity (Wildman–Crippen MR) is 51.3 cm³/mol. The van der Waals surface area contributed by atoms with Crippen molar-refractivity contribution < 1.29 is 4.79 Å². The molecule has 1 aromatic rings. The Morgan fingerprint density at radius 2 is 1.83 bits per heavy atom. The standard InChI is InChI=1S/C9H6Cl2O/c10-8-3-1-7(2-4-8)9(11)5-6-12/h1-6H/b9-5-. The number of rotatable bonds is 2. The Morgan fingerprint density at radius 3 is 2.33 bits per heavy atom. The Bertz CT molecular complexity index is 301. The summed E-state index contributed by atoms with van der Waals surface area (Å²) in [6.45, 7) is 0. The quantitative estimate of drug-likeness (QED) is 0.530. The number of hydrogen-bond acceptors (Lipinski definition) is 1. The molecule has 1 rings (SSSR count). The van der Waals surface area contributed by atoms with Crippen LogP contribution in [0.25, 0.3) is 5.03 Å². The van der Waals surface area contributed by atoms with Gasteiger partial charge in [0.05, 0.1) is 5.03 Å². The molecular weight excluding hydrogens is 195 g/mol. The van der Waals surface area contributed by atoms with Gasteiger partial charge in [-0.2, -0.15) is 0 Å². The first-order valence-corrected chi connectivity index (χ1v) is 4.06. The Kier molecular flexibility index (Phi) is 3.32. The molecule has 0 unspecified atom stereocenters. The highest BCUT2D eigenvalue weighted by Crippen LogP contribution is 2.19. The monoisotopic (exact) mass is 200 g/mol. The van der Waals surface area contributed by atoms with Crippen molar-refractivity contribution in [1.29, 1.82) is 0 Å². The Balaban J connectivity index is 2.97. The van der Waals surface area contributed by atoms with Crippen LogP contribution in [0.5, 0.6) is 0 Å². The molecule has 62 valence electrons. The molecule has 0 N–H and O–H groups in total. The van der Waals surface area contributed by atoms with Gasteiger partial charge in [-0.1, -0.05) is 35.3 Å². The van der Waals surface area contributed by atoms with E-state index in [1.807, 2.05) is 0 Å². The maximum Gasteiger partial charge on any atom is 0.144 e. The van der Waals surface area contributed by atoms with Gasteiger partial charge in [0.15, 0.2) is 0 Å². The van der Waals surface area contributed by atoms with Crippen LogP contribution in [0, 0.1) is 0 Å². The SMILES string of the molecule is O=C/C=C(\Cl)c1ccc(Cl)cc1. The van der Waals surface area contributed by atoms with E-state index < -0.39 is 0 Å². The van der Waals surface area contributed by atoms with Crippen molar-refractivity contribution in [2.75, 3.05) is 0 Å². The summed E-state index contributed by atoms with van der Waals surface area (Å²) in [5.74, 6) is 0. The highest BCUT2D eigenvalue weighted by Gasteiger charge is 1.95. The molecule has 0 bridgehead atoms. The Morgan fingerprint density at radius 1 is 1.25 bits per heavy atom. The minimum Gasteiger partial charge on any atom is -0.299 e. The lowest BCUT2D eigenvalue weighted by Gasteiger charge is -1.96. The summed E-state index contributed by atoms with van der Waals surface area (Å²) in [6.07, 6.45) is 1.95. The van der Waals surface area contributed by atoms with Crippen LogP contribution in [0.4, 0.5) is 0 Å². The number of carbonyl (C=O) groups excluding carboxylic acids is 1. The summed E-state index contributed by atoms with van der Waals surface area (Å²) < 4.78 is 0. The van der Waals surface area contributed by atoms with E-state index >= 15 is 0 Å². The van der Waals surface area contributed by atoms with Crippen molar-refractivity contribution >= 4 is 34.5 Å². The van der Waals surface area contributed by atoms with Gasteiger partial charge >= 0.3 is 0 Å². The smallest absolute Gasteiger partial charge is 0.144 e. The first-order chi connectivity index (χ1) is 5.74. The molecule has 0 saturated heterocycles. The normalized spacial score (nSPS) is 11.3. The minimum atomic E-state index is 0.418. The number of carbonyl (C=O) groups is 1. The summed E-state index contributed by atoms with van der Waals surface area (Å²) in [6, 6.07) is 6.95. The largest absolute Gasteiger partial charge is 0.299 e. The van der Waals surface area contributed by atoms with Gasteiger partial charge in [-0.25, -0.2) is 0 Å². The molecule has 0 atom stereocenters. The molecule has 12 heavy (non-hydrogen) atoms. The highest BCUT2D eigenvalue weighted by molar-refractivity contribution is 6.49. The molecule has 0 heterocycles. The molecular formula is C9H6Cl2O. The van der Waals surface area contributed by atoms with Gasteiger partial charge < -0.3 is 0 Å². The maximum atomic E-state index is 10.1. The zero-order valence-electron chi connectivity index (χ0n) is 6.13. The van der Waals surface area contributed by atoms with Crippen molar-refractivity contribution in [2.24, 2.45) is 0 Å². The molecule has 1 aromatic carbocycles. The predicted octanol–water partition coefficient (Wildman–Crippen LogP) is 3.12. The van der Waals surface area contributed by atoms with E-state index in [1.54, 1.807) is 24.3 Å². The van der Waals surface area contributed by atoms with E-state index in [2.05, 4.69) is 0 Å². The van der Waals surface area contributed by atoms with Crippen LogP contribution < -0.4 is 0 Å². The summed E-state index contributed by atoms with van der Waals surface area (Å²) in [5, 5.41) is 1.07. The number of halogens is 2. The third-order valence-electron chi connectivity index (χ3n) is 1.33. The summed E-state index contributed by atoms with van der Waals surface area (Å²) in [7, 11) is 0. The lowest BCUT2D eigenvalue weighted by Crippen LogP contribution is -1.76. The molecule has 0 spiro atoms. The second-order valence-corrected chi connectivity index (χ2v) is 3.00. The molecule has 0 aliphatic heterocycles. The average molecular weight is 201 g/mol. The zero-order valence-corrected chi connectivity index (χ0v) is 7.64. The summed E-state index contributed by atoms with van der Waals surface area (Å²) >= 11 is 11.4. The molecule has 0 aromatic heterocycles. The first kappa shape index (κ1) is 9.30. The molecule has 0 radical (unpaired) electrons. The number of benzene rings is 1. The van der Waals surface area contributed by atoms with E-state index in [9.17, 15) is 4.79 Å². The fourth-order valence-electron chi connectivity index (χ4n) is 0.765. The van der Waals surface area contributed by atoms with Gasteiger partial charge in [-0.05, 0) is 23.8 Å². The van der Waals surface area contributed by atoms with Crippen molar-refractivity contribution in [3.63, 3.8) is 0 Å². The van der Waals surface area contributed by atoms with Crippen LogP contribution in [0.2, 0.25) is 5.02 Å². The molecule has 0 aliphatic rings. The Labute approximate surface area is 80.6 Å². The van der Waals surface area contributed by atoms with E-state index in [0.717, 1.165) is 5.56 Å². The van der Waals surface area contributed by atoms with Gasteiger partial charge in [0.25, 0.3) is 0 Å². The van der Waals surface area contributed by atoms with Gasteiger partial charge in [0.1, 0.15) is 6.29 Å². The lowest BCUT2D eigenvalue weighted by molar-refractivity contribution is -0.104. The van der Waals surface area contributed by atoms with E-state index in [1.165, 1.54) is 6.08 Å². The van der Waals surface area contributed by atoms with Gasteiger partial charge in [0.2, 0.25) is 0 Å². The van der Waals surface area contributed by atoms with Crippen LogP contribution >= 0.6 is 23.2 Å². The van der Waals surface area contributed by atoms with Gasteiger partial charge in [-0.3, -0.25) is 4.79 Å².